The highest BCUT2D eigenvalue weighted by Gasteiger charge is 2.07. The summed E-state index contributed by atoms with van der Waals surface area (Å²) in [5.74, 6) is 0.683. The summed E-state index contributed by atoms with van der Waals surface area (Å²) >= 11 is 0. The SMILES string of the molecule is Cc1nc2ccc(N(C)c3ccc(N)cc3)cc2o1. The highest BCUT2D eigenvalue weighted by atomic mass is 16.3. The van der Waals surface area contributed by atoms with Gasteiger partial charge < -0.3 is 15.1 Å². The van der Waals surface area contributed by atoms with Gasteiger partial charge in [-0.25, -0.2) is 4.98 Å². The van der Waals surface area contributed by atoms with E-state index in [4.69, 9.17) is 10.2 Å². The molecule has 1 aromatic heterocycles. The molecule has 3 aromatic rings. The molecular formula is C15H15N3O. The van der Waals surface area contributed by atoms with Gasteiger partial charge in [0, 0.05) is 37.1 Å². The number of hydrogen-bond acceptors (Lipinski definition) is 4. The summed E-state index contributed by atoms with van der Waals surface area (Å²) in [7, 11) is 2.01. The van der Waals surface area contributed by atoms with Crippen LogP contribution in [0.3, 0.4) is 0 Å². The normalized spacial score (nSPS) is 10.8. The maximum absolute atomic E-state index is 5.70. The fourth-order valence-corrected chi connectivity index (χ4v) is 2.08. The molecule has 2 aromatic carbocycles. The number of nitrogens with zero attached hydrogens (tertiary/aromatic N) is 2. The van der Waals surface area contributed by atoms with Gasteiger partial charge in [0.1, 0.15) is 5.52 Å². The third kappa shape index (κ3) is 2.12. The zero-order valence-electron chi connectivity index (χ0n) is 10.9. The topological polar surface area (TPSA) is 55.3 Å². The second-order valence-corrected chi connectivity index (χ2v) is 4.54. The van der Waals surface area contributed by atoms with Gasteiger partial charge in [0.05, 0.1) is 0 Å². The van der Waals surface area contributed by atoms with Gasteiger partial charge in [0.2, 0.25) is 0 Å². The number of anilines is 3. The molecule has 0 atom stereocenters. The Kier molecular flexibility index (Phi) is 2.63. The number of nitrogen functional groups attached to an aromatic ring is 1. The fraction of sp³-hybridized carbons (Fsp3) is 0.133. The zero-order valence-corrected chi connectivity index (χ0v) is 10.9. The van der Waals surface area contributed by atoms with E-state index in [1.807, 2.05) is 56.4 Å². The zero-order chi connectivity index (χ0) is 13.4. The Balaban J connectivity index is 2.00. The molecule has 0 radical (unpaired) electrons. The van der Waals surface area contributed by atoms with Crippen LogP contribution in [0.25, 0.3) is 11.1 Å². The smallest absolute Gasteiger partial charge is 0.192 e. The van der Waals surface area contributed by atoms with Crippen molar-refractivity contribution in [2.45, 2.75) is 6.92 Å². The van der Waals surface area contributed by atoms with E-state index < -0.39 is 0 Å². The van der Waals surface area contributed by atoms with Crippen LogP contribution >= 0.6 is 0 Å². The number of fused-ring (bicyclic) bond motifs is 1. The number of nitrogens with two attached hydrogens (primary N) is 1. The third-order valence-corrected chi connectivity index (χ3v) is 3.15. The summed E-state index contributed by atoms with van der Waals surface area (Å²) in [5, 5.41) is 0. The van der Waals surface area contributed by atoms with Crippen molar-refractivity contribution in [1.82, 2.24) is 4.98 Å². The fourth-order valence-electron chi connectivity index (χ4n) is 2.08. The van der Waals surface area contributed by atoms with Crippen LogP contribution in [-0.4, -0.2) is 12.0 Å². The number of aryl methyl sites for hydroxylation is 1. The van der Waals surface area contributed by atoms with Crippen molar-refractivity contribution in [1.29, 1.82) is 0 Å². The first-order valence-corrected chi connectivity index (χ1v) is 6.10. The van der Waals surface area contributed by atoms with Crippen molar-refractivity contribution in [3.63, 3.8) is 0 Å². The van der Waals surface area contributed by atoms with Crippen molar-refractivity contribution in [3.8, 4) is 0 Å². The second-order valence-electron chi connectivity index (χ2n) is 4.54. The number of benzene rings is 2. The van der Waals surface area contributed by atoms with E-state index >= 15 is 0 Å². The summed E-state index contributed by atoms with van der Waals surface area (Å²) in [6, 6.07) is 13.8. The van der Waals surface area contributed by atoms with Crippen molar-refractivity contribution in [2.75, 3.05) is 17.7 Å². The van der Waals surface area contributed by atoms with E-state index in [1.165, 1.54) is 0 Å². The first-order chi connectivity index (χ1) is 9.13. The molecule has 0 spiro atoms. The predicted molar refractivity (Wildman–Crippen MR) is 77.7 cm³/mol. The van der Waals surface area contributed by atoms with Crippen molar-refractivity contribution >= 4 is 28.2 Å². The van der Waals surface area contributed by atoms with E-state index in [1.54, 1.807) is 0 Å². The van der Waals surface area contributed by atoms with Gasteiger partial charge in [-0.2, -0.15) is 0 Å². The molecular weight excluding hydrogens is 238 g/mol. The minimum Gasteiger partial charge on any atom is -0.441 e. The standard InChI is InChI=1S/C15H15N3O/c1-10-17-14-8-7-13(9-15(14)19-10)18(2)12-5-3-11(16)4-6-12/h3-9H,16H2,1-2H3. The molecule has 0 bridgehead atoms. The summed E-state index contributed by atoms with van der Waals surface area (Å²) in [6.45, 7) is 1.85. The number of hydrogen-bond donors (Lipinski definition) is 1. The van der Waals surface area contributed by atoms with Crippen molar-refractivity contribution < 1.29 is 4.42 Å². The van der Waals surface area contributed by atoms with Crippen LogP contribution in [0.2, 0.25) is 0 Å². The van der Waals surface area contributed by atoms with E-state index in [0.29, 0.717) is 5.89 Å². The summed E-state index contributed by atoms with van der Waals surface area (Å²) in [6.07, 6.45) is 0. The van der Waals surface area contributed by atoms with E-state index in [-0.39, 0.29) is 0 Å². The Hall–Kier alpha value is -2.49. The Morgan fingerprint density at radius 1 is 1.05 bits per heavy atom. The molecule has 0 amide bonds. The van der Waals surface area contributed by atoms with Crippen LogP contribution < -0.4 is 10.6 Å². The van der Waals surface area contributed by atoms with Crippen LogP contribution in [0.5, 0.6) is 0 Å². The van der Waals surface area contributed by atoms with Gasteiger partial charge >= 0.3 is 0 Å². The molecule has 4 nitrogen and oxygen atoms in total. The summed E-state index contributed by atoms with van der Waals surface area (Å²) < 4.78 is 5.56. The number of aromatic nitrogens is 1. The molecule has 4 heteroatoms. The monoisotopic (exact) mass is 253 g/mol. The van der Waals surface area contributed by atoms with Crippen LogP contribution in [0.15, 0.2) is 46.9 Å². The Morgan fingerprint density at radius 2 is 1.74 bits per heavy atom. The first kappa shape index (κ1) is 11.6. The minimum atomic E-state index is 0.683. The maximum atomic E-state index is 5.70. The van der Waals surface area contributed by atoms with Crippen LogP contribution in [0.4, 0.5) is 17.1 Å². The maximum Gasteiger partial charge on any atom is 0.192 e. The third-order valence-electron chi connectivity index (χ3n) is 3.15. The van der Waals surface area contributed by atoms with Crippen molar-refractivity contribution in [3.05, 3.63) is 48.4 Å². The van der Waals surface area contributed by atoms with Crippen LogP contribution in [0.1, 0.15) is 5.89 Å². The lowest BCUT2D eigenvalue weighted by Gasteiger charge is -2.19. The number of oxazole rings is 1. The first-order valence-electron chi connectivity index (χ1n) is 6.10. The Bertz CT molecular complexity index is 716. The molecule has 2 N–H and O–H groups in total. The van der Waals surface area contributed by atoms with Gasteiger partial charge in [-0.15, -0.1) is 0 Å². The van der Waals surface area contributed by atoms with Crippen molar-refractivity contribution in [2.24, 2.45) is 0 Å². The van der Waals surface area contributed by atoms with E-state index in [9.17, 15) is 0 Å². The van der Waals surface area contributed by atoms with Gasteiger partial charge in [0.25, 0.3) is 0 Å². The molecule has 0 aliphatic rings. The molecule has 0 aliphatic heterocycles. The van der Waals surface area contributed by atoms with E-state index in [2.05, 4.69) is 9.88 Å². The minimum absolute atomic E-state index is 0.683. The van der Waals surface area contributed by atoms with Crippen LogP contribution in [-0.2, 0) is 0 Å². The molecule has 0 saturated heterocycles. The van der Waals surface area contributed by atoms with Gasteiger partial charge in [-0.1, -0.05) is 0 Å². The Labute approximate surface area is 111 Å². The molecule has 0 saturated carbocycles. The lowest BCUT2D eigenvalue weighted by Crippen LogP contribution is -2.09. The van der Waals surface area contributed by atoms with Gasteiger partial charge in [0.15, 0.2) is 11.5 Å². The summed E-state index contributed by atoms with van der Waals surface area (Å²) in [4.78, 5) is 6.38. The van der Waals surface area contributed by atoms with Gasteiger partial charge in [-0.05, 0) is 36.4 Å². The predicted octanol–water partition coefficient (Wildman–Crippen LogP) is 3.49. The molecule has 0 fully saturated rings. The molecule has 0 unspecified atom stereocenters. The quantitative estimate of drug-likeness (QED) is 0.710. The molecule has 96 valence electrons. The van der Waals surface area contributed by atoms with Gasteiger partial charge in [-0.3, -0.25) is 0 Å². The van der Waals surface area contributed by atoms with E-state index in [0.717, 1.165) is 28.2 Å². The lowest BCUT2D eigenvalue weighted by atomic mass is 10.2. The molecule has 1 heterocycles. The molecule has 19 heavy (non-hydrogen) atoms. The average Bonchev–Trinajstić information content (AvgIpc) is 2.77. The largest absolute Gasteiger partial charge is 0.441 e. The lowest BCUT2D eigenvalue weighted by molar-refractivity contribution is 0.561. The second kappa shape index (κ2) is 4.31. The highest BCUT2D eigenvalue weighted by molar-refractivity contribution is 5.79. The molecule has 3 rings (SSSR count). The average molecular weight is 253 g/mol. The Morgan fingerprint density at radius 3 is 2.47 bits per heavy atom. The van der Waals surface area contributed by atoms with Crippen LogP contribution in [0, 0.1) is 6.92 Å². The number of rotatable bonds is 2. The summed E-state index contributed by atoms with van der Waals surface area (Å²) in [5.41, 5.74) is 10.3. The highest BCUT2D eigenvalue weighted by Crippen LogP contribution is 2.27. The molecule has 0 aliphatic carbocycles.